The maximum Gasteiger partial charge on any atom is 0.0110 e. The summed E-state index contributed by atoms with van der Waals surface area (Å²) >= 11 is 0. The molecule has 0 spiro atoms. The van der Waals surface area contributed by atoms with Crippen molar-refractivity contribution in [2.75, 3.05) is 7.05 Å². The molecule has 0 aliphatic carbocycles. The molecule has 2 aliphatic rings. The Morgan fingerprint density at radius 3 is 2.09 bits per heavy atom. The summed E-state index contributed by atoms with van der Waals surface area (Å²) in [6, 6.07) is 2.12. The lowest BCUT2D eigenvalue weighted by molar-refractivity contribution is 0.163. The summed E-state index contributed by atoms with van der Waals surface area (Å²) < 4.78 is 0. The molecule has 66 valence electrons. The Hall–Kier alpha value is 0.210. The van der Waals surface area contributed by atoms with Gasteiger partial charge in [-0.3, -0.25) is 0 Å². The SMILES string of the molecule is CN1[C@@H]2CC[C@H]1CC(N)C2.Cl. The summed E-state index contributed by atoms with van der Waals surface area (Å²) in [5, 5.41) is 0. The Morgan fingerprint density at radius 1 is 1.18 bits per heavy atom. The summed E-state index contributed by atoms with van der Waals surface area (Å²) in [7, 11) is 2.24. The van der Waals surface area contributed by atoms with Crippen LogP contribution in [0.5, 0.6) is 0 Å². The molecule has 2 rings (SSSR count). The Bertz CT molecular complexity index is 126. The van der Waals surface area contributed by atoms with Gasteiger partial charge in [0.05, 0.1) is 0 Å². The van der Waals surface area contributed by atoms with E-state index in [4.69, 9.17) is 5.73 Å². The quantitative estimate of drug-likeness (QED) is 0.597. The van der Waals surface area contributed by atoms with Crippen LogP contribution in [0.3, 0.4) is 0 Å². The average Bonchev–Trinajstić information content (AvgIpc) is 2.20. The third-order valence-electron chi connectivity index (χ3n) is 3.13. The van der Waals surface area contributed by atoms with Crippen LogP contribution in [0.2, 0.25) is 0 Å². The third-order valence-corrected chi connectivity index (χ3v) is 3.13. The van der Waals surface area contributed by atoms with Crippen LogP contribution in [-0.4, -0.2) is 30.1 Å². The molecule has 0 radical (unpaired) electrons. The molecule has 2 bridgehead atoms. The molecule has 0 aromatic rings. The standard InChI is InChI=1S/C8H16N2.ClH/c1-10-7-2-3-8(10)5-6(9)4-7;/h6-8H,2-5,9H2,1H3;1H/t6?,7-,8+;. The van der Waals surface area contributed by atoms with E-state index in [-0.39, 0.29) is 12.4 Å². The molecule has 2 saturated heterocycles. The molecule has 11 heavy (non-hydrogen) atoms. The largest absolute Gasteiger partial charge is 0.328 e. The van der Waals surface area contributed by atoms with Crippen molar-refractivity contribution in [2.45, 2.75) is 43.8 Å². The number of piperidine rings is 1. The van der Waals surface area contributed by atoms with E-state index in [2.05, 4.69) is 11.9 Å². The zero-order chi connectivity index (χ0) is 7.14. The van der Waals surface area contributed by atoms with Crippen LogP contribution in [0.1, 0.15) is 25.7 Å². The average molecular weight is 177 g/mol. The molecular formula is C8H17ClN2. The van der Waals surface area contributed by atoms with Crippen molar-refractivity contribution < 1.29 is 0 Å². The second-order valence-electron chi connectivity index (χ2n) is 3.78. The molecule has 2 nitrogen and oxygen atoms in total. The summed E-state index contributed by atoms with van der Waals surface area (Å²) in [5.74, 6) is 0. The number of nitrogens with two attached hydrogens (primary N) is 1. The van der Waals surface area contributed by atoms with Crippen LogP contribution in [0.25, 0.3) is 0 Å². The second kappa shape index (κ2) is 3.30. The van der Waals surface area contributed by atoms with Crippen molar-refractivity contribution in [3.05, 3.63) is 0 Å². The first kappa shape index (κ1) is 9.30. The van der Waals surface area contributed by atoms with E-state index < -0.39 is 0 Å². The van der Waals surface area contributed by atoms with Gasteiger partial charge in [0.25, 0.3) is 0 Å². The van der Waals surface area contributed by atoms with Gasteiger partial charge in [-0.1, -0.05) is 0 Å². The minimum Gasteiger partial charge on any atom is -0.328 e. The molecule has 3 heteroatoms. The van der Waals surface area contributed by atoms with Crippen LogP contribution in [0.4, 0.5) is 0 Å². The number of rotatable bonds is 0. The predicted octanol–water partition coefficient (Wildman–Crippen LogP) is 0.992. The third kappa shape index (κ3) is 1.53. The normalized spacial score (nSPS) is 43.6. The van der Waals surface area contributed by atoms with Crippen LogP contribution >= 0.6 is 12.4 Å². The highest BCUT2D eigenvalue weighted by Gasteiger charge is 2.36. The van der Waals surface area contributed by atoms with Gasteiger partial charge >= 0.3 is 0 Å². The maximum atomic E-state index is 5.89. The number of fused-ring (bicyclic) bond motifs is 2. The van der Waals surface area contributed by atoms with Crippen molar-refractivity contribution in [1.82, 2.24) is 4.90 Å². The van der Waals surface area contributed by atoms with Gasteiger partial charge in [-0.15, -0.1) is 12.4 Å². The van der Waals surface area contributed by atoms with Gasteiger partial charge in [0.2, 0.25) is 0 Å². The summed E-state index contributed by atoms with van der Waals surface area (Å²) in [5.41, 5.74) is 5.89. The molecule has 0 amide bonds. The number of hydrogen-bond acceptors (Lipinski definition) is 2. The smallest absolute Gasteiger partial charge is 0.0110 e. The Kier molecular flexibility index (Phi) is 2.79. The van der Waals surface area contributed by atoms with Crippen molar-refractivity contribution in [3.8, 4) is 0 Å². The van der Waals surface area contributed by atoms with Gasteiger partial charge in [0, 0.05) is 18.1 Å². The number of nitrogens with zero attached hydrogens (tertiary/aromatic N) is 1. The number of hydrogen-bond donors (Lipinski definition) is 1. The lowest BCUT2D eigenvalue weighted by Crippen LogP contribution is -2.45. The van der Waals surface area contributed by atoms with Gasteiger partial charge in [0.1, 0.15) is 0 Å². The fourth-order valence-electron chi connectivity index (χ4n) is 2.45. The fraction of sp³-hybridized carbons (Fsp3) is 1.00. The molecule has 1 unspecified atom stereocenters. The van der Waals surface area contributed by atoms with E-state index in [1.807, 2.05) is 0 Å². The minimum atomic E-state index is 0. The first-order valence-corrected chi connectivity index (χ1v) is 4.25. The molecular weight excluding hydrogens is 160 g/mol. The molecule has 2 N–H and O–H groups in total. The van der Waals surface area contributed by atoms with Crippen LogP contribution < -0.4 is 5.73 Å². The van der Waals surface area contributed by atoms with E-state index in [1.54, 1.807) is 0 Å². The highest BCUT2D eigenvalue weighted by Crippen LogP contribution is 2.33. The first-order chi connectivity index (χ1) is 4.77. The van der Waals surface area contributed by atoms with Gasteiger partial charge in [-0.05, 0) is 32.7 Å². The molecule has 0 saturated carbocycles. The second-order valence-corrected chi connectivity index (χ2v) is 3.78. The van der Waals surface area contributed by atoms with Crippen LogP contribution in [-0.2, 0) is 0 Å². The Labute approximate surface area is 74.5 Å². The van der Waals surface area contributed by atoms with Crippen LogP contribution in [0.15, 0.2) is 0 Å². The number of halogens is 1. The highest BCUT2D eigenvalue weighted by atomic mass is 35.5. The van der Waals surface area contributed by atoms with E-state index >= 15 is 0 Å². The van der Waals surface area contributed by atoms with Crippen molar-refractivity contribution in [3.63, 3.8) is 0 Å². The fourth-order valence-corrected chi connectivity index (χ4v) is 2.45. The Balaban J connectivity index is 0.000000605. The summed E-state index contributed by atoms with van der Waals surface area (Å²) in [6.45, 7) is 0. The van der Waals surface area contributed by atoms with Crippen molar-refractivity contribution >= 4 is 12.4 Å². The minimum absolute atomic E-state index is 0. The van der Waals surface area contributed by atoms with Gasteiger partial charge in [0.15, 0.2) is 0 Å². The monoisotopic (exact) mass is 176 g/mol. The topological polar surface area (TPSA) is 29.3 Å². The predicted molar refractivity (Wildman–Crippen MR) is 49.0 cm³/mol. The van der Waals surface area contributed by atoms with E-state index in [1.165, 1.54) is 25.7 Å². The zero-order valence-corrected chi connectivity index (χ0v) is 7.81. The van der Waals surface area contributed by atoms with E-state index in [9.17, 15) is 0 Å². The summed E-state index contributed by atoms with van der Waals surface area (Å²) in [6.07, 6.45) is 5.23. The van der Waals surface area contributed by atoms with Gasteiger partial charge in [-0.25, -0.2) is 0 Å². The molecule has 0 aromatic carbocycles. The zero-order valence-electron chi connectivity index (χ0n) is 6.99. The molecule has 2 heterocycles. The molecule has 0 aromatic heterocycles. The molecule has 2 aliphatic heterocycles. The van der Waals surface area contributed by atoms with E-state index in [0.29, 0.717) is 6.04 Å². The summed E-state index contributed by atoms with van der Waals surface area (Å²) in [4.78, 5) is 2.52. The van der Waals surface area contributed by atoms with Crippen LogP contribution in [0, 0.1) is 0 Å². The lowest BCUT2D eigenvalue weighted by atomic mass is 9.99. The highest BCUT2D eigenvalue weighted by molar-refractivity contribution is 5.85. The molecule has 2 fully saturated rings. The lowest BCUT2D eigenvalue weighted by Gasteiger charge is -2.34. The maximum absolute atomic E-state index is 5.89. The van der Waals surface area contributed by atoms with Gasteiger partial charge < -0.3 is 10.6 Å². The van der Waals surface area contributed by atoms with E-state index in [0.717, 1.165) is 12.1 Å². The first-order valence-electron chi connectivity index (χ1n) is 4.25. The van der Waals surface area contributed by atoms with Crippen molar-refractivity contribution in [1.29, 1.82) is 0 Å². The van der Waals surface area contributed by atoms with Crippen molar-refractivity contribution in [2.24, 2.45) is 5.73 Å². The Morgan fingerprint density at radius 2 is 1.64 bits per heavy atom. The van der Waals surface area contributed by atoms with Gasteiger partial charge in [-0.2, -0.15) is 0 Å². The molecule has 3 atom stereocenters.